The molecule has 0 bridgehead atoms. The zero-order valence-electron chi connectivity index (χ0n) is 7.69. The molecule has 0 unspecified atom stereocenters. The molecule has 0 saturated carbocycles. The van der Waals surface area contributed by atoms with E-state index in [1.807, 2.05) is 22.6 Å². The van der Waals surface area contributed by atoms with Gasteiger partial charge in [-0.15, -0.1) is 0 Å². The molecule has 5 nitrogen and oxygen atoms in total. The standard InChI is InChI=1S/C9H6INO4/c1-5(13)9-6(4-12)2-7(10)3-8(9)11(14)15/h2-4H,1H3. The number of benzene rings is 1. The van der Waals surface area contributed by atoms with E-state index >= 15 is 0 Å². The molecule has 0 fully saturated rings. The van der Waals surface area contributed by atoms with Crippen LogP contribution in [-0.2, 0) is 0 Å². The second-order valence-corrected chi connectivity index (χ2v) is 4.07. The molecule has 0 saturated heterocycles. The van der Waals surface area contributed by atoms with E-state index in [4.69, 9.17) is 0 Å². The van der Waals surface area contributed by atoms with Crippen LogP contribution in [0.25, 0.3) is 0 Å². The highest BCUT2D eigenvalue weighted by molar-refractivity contribution is 14.1. The molecule has 1 aromatic carbocycles. The van der Waals surface area contributed by atoms with Crippen LogP contribution in [0, 0.1) is 13.7 Å². The van der Waals surface area contributed by atoms with Gasteiger partial charge < -0.3 is 0 Å². The van der Waals surface area contributed by atoms with Gasteiger partial charge in [0.1, 0.15) is 5.56 Å². The highest BCUT2D eigenvalue weighted by Gasteiger charge is 2.22. The highest BCUT2D eigenvalue weighted by Crippen LogP contribution is 2.25. The van der Waals surface area contributed by atoms with E-state index in [0.717, 1.165) is 0 Å². The van der Waals surface area contributed by atoms with E-state index in [9.17, 15) is 19.7 Å². The fourth-order valence-electron chi connectivity index (χ4n) is 1.23. The minimum Gasteiger partial charge on any atom is -0.298 e. The van der Waals surface area contributed by atoms with Gasteiger partial charge in [-0.05, 0) is 35.6 Å². The Morgan fingerprint density at radius 2 is 2.13 bits per heavy atom. The summed E-state index contributed by atoms with van der Waals surface area (Å²) in [5, 5.41) is 10.7. The first kappa shape index (κ1) is 11.8. The lowest BCUT2D eigenvalue weighted by Crippen LogP contribution is -2.05. The molecule has 0 heterocycles. The molecule has 78 valence electrons. The van der Waals surface area contributed by atoms with E-state index in [-0.39, 0.29) is 16.8 Å². The molecule has 6 heteroatoms. The molecule has 1 rings (SSSR count). The van der Waals surface area contributed by atoms with Gasteiger partial charge in [0.2, 0.25) is 0 Å². The molecule has 1 aromatic rings. The predicted molar refractivity (Wildman–Crippen MR) is 61.2 cm³/mol. The number of aldehydes is 1. The Kier molecular flexibility index (Phi) is 3.51. The number of nitro groups is 1. The second-order valence-electron chi connectivity index (χ2n) is 2.82. The molecule has 0 aliphatic rings. The van der Waals surface area contributed by atoms with Gasteiger partial charge in [0.05, 0.1) is 4.92 Å². The summed E-state index contributed by atoms with van der Waals surface area (Å²) < 4.78 is 0.548. The summed E-state index contributed by atoms with van der Waals surface area (Å²) >= 11 is 1.85. The summed E-state index contributed by atoms with van der Waals surface area (Å²) in [5.74, 6) is -0.486. The third kappa shape index (κ3) is 2.38. The quantitative estimate of drug-likeness (QED) is 0.281. The van der Waals surface area contributed by atoms with Gasteiger partial charge in [-0.3, -0.25) is 19.7 Å². The molecule has 0 aromatic heterocycles. The van der Waals surface area contributed by atoms with Crippen molar-refractivity contribution >= 4 is 40.3 Å². The van der Waals surface area contributed by atoms with Crippen molar-refractivity contribution in [3.63, 3.8) is 0 Å². The first-order chi connectivity index (χ1) is 6.97. The third-order valence-electron chi connectivity index (χ3n) is 1.79. The van der Waals surface area contributed by atoms with Crippen molar-refractivity contribution in [1.29, 1.82) is 0 Å². The van der Waals surface area contributed by atoms with Gasteiger partial charge in [0.15, 0.2) is 12.1 Å². The average Bonchev–Trinajstić information content (AvgIpc) is 2.15. The Hall–Kier alpha value is -1.31. The van der Waals surface area contributed by atoms with Crippen molar-refractivity contribution in [3.8, 4) is 0 Å². The number of nitro benzene ring substituents is 1. The number of nitrogens with zero attached hydrogens (tertiary/aromatic N) is 1. The second kappa shape index (κ2) is 4.47. The first-order valence-corrected chi connectivity index (χ1v) is 4.99. The summed E-state index contributed by atoms with van der Waals surface area (Å²) in [4.78, 5) is 31.9. The lowest BCUT2D eigenvalue weighted by atomic mass is 10.0. The minimum atomic E-state index is -0.661. The Balaban J connectivity index is 3.61. The maximum atomic E-state index is 11.2. The number of carbonyl (C=O) groups is 2. The van der Waals surface area contributed by atoms with Gasteiger partial charge in [-0.2, -0.15) is 0 Å². The number of hydrogen-bond donors (Lipinski definition) is 0. The van der Waals surface area contributed by atoms with Crippen LogP contribution in [0.2, 0.25) is 0 Å². The SMILES string of the molecule is CC(=O)c1c(C=O)cc(I)cc1[N+](=O)[O-]. The smallest absolute Gasteiger partial charge is 0.281 e. The van der Waals surface area contributed by atoms with E-state index in [0.29, 0.717) is 9.86 Å². The Labute approximate surface area is 98.8 Å². The van der Waals surface area contributed by atoms with Crippen molar-refractivity contribution in [2.75, 3.05) is 0 Å². The monoisotopic (exact) mass is 319 g/mol. The fraction of sp³-hybridized carbons (Fsp3) is 0.111. The maximum absolute atomic E-state index is 11.2. The normalized spacial score (nSPS) is 9.73. The zero-order chi connectivity index (χ0) is 11.6. The van der Waals surface area contributed by atoms with Crippen molar-refractivity contribution in [2.24, 2.45) is 0 Å². The van der Waals surface area contributed by atoms with Gasteiger partial charge in [0.25, 0.3) is 5.69 Å². The summed E-state index contributed by atoms with van der Waals surface area (Å²) in [6.07, 6.45) is 0.450. The predicted octanol–water partition coefficient (Wildman–Crippen LogP) is 2.21. The summed E-state index contributed by atoms with van der Waals surface area (Å²) in [7, 11) is 0. The van der Waals surface area contributed by atoms with Crippen LogP contribution >= 0.6 is 22.6 Å². The molecular formula is C9H6INO4. The van der Waals surface area contributed by atoms with Gasteiger partial charge in [0, 0.05) is 15.2 Å². The largest absolute Gasteiger partial charge is 0.298 e. The van der Waals surface area contributed by atoms with Crippen LogP contribution in [0.15, 0.2) is 12.1 Å². The minimum absolute atomic E-state index is 0.0566. The number of rotatable bonds is 3. The van der Waals surface area contributed by atoms with Crippen LogP contribution in [0.3, 0.4) is 0 Å². The first-order valence-electron chi connectivity index (χ1n) is 3.91. The van der Waals surface area contributed by atoms with Crippen molar-refractivity contribution in [3.05, 3.63) is 36.9 Å². The maximum Gasteiger partial charge on any atom is 0.281 e. The summed E-state index contributed by atoms with van der Waals surface area (Å²) in [6, 6.07) is 2.71. The molecular weight excluding hydrogens is 313 g/mol. The van der Waals surface area contributed by atoms with Crippen LogP contribution in [0.5, 0.6) is 0 Å². The number of hydrogen-bond acceptors (Lipinski definition) is 4. The molecule has 0 radical (unpaired) electrons. The molecule has 0 aliphatic carbocycles. The number of Topliss-reactive ketones (excluding diaryl/α,β-unsaturated/α-hetero) is 1. The van der Waals surface area contributed by atoms with Crippen molar-refractivity contribution in [1.82, 2.24) is 0 Å². The van der Waals surface area contributed by atoms with Gasteiger partial charge in [-0.25, -0.2) is 0 Å². The Morgan fingerprint density at radius 3 is 2.53 bits per heavy atom. The molecule has 0 aliphatic heterocycles. The van der Waals surface area contributed by atoms with E-state index < -0.39 is 10.7 Å². The van der Waals surface area contributed by atoms with Crippen LogP contribution in [0.4, 0.5) is 5.69 Å². The lowest BCUT2D eigenvalue weighted by Gasteiger charge is -2.02. The number of ketones is 1. The van der Waals surface area contributed by atoms with Gasteiger partial charge in [-0.1, -0.05) is 0 Å². The lowest BCUT2D eigenvalue weighted by molar-refractivity contribution is -0.385. The molecule has 0 spiro atoms. The third-order valence-corrected chi connectivity index (χ3v) is 2.41. The fourth-order valence-corrected chi connectivity index (χ4v) is 1.86. The van der Waals surface area contributed by atoms with Crippen LogP contribution in [-0.4, -0.2) is 17.0 Å². The summed E-state index contributed by atoms with van der Waals surface area (Å²) in [5.41, 5.74) is -0.395. The van der Waals surface area contributed by atoms with E-state index in [1.165, 1.54) is 19.1 Å². The zero-order valence-corrected chi connectivity index (χ0v) is 9.85. The average molecular weight is 319 g/mol. The van der Waals surface area contributed by atoms with Crippen LogP contribution in [0.1, 0.15) is 27.6 Å². The summed E-state index contributed by atoms with van der Waals surface area (Å²) in [6.45, 7) is 1.20. The molecule has 0 amide bonds. The van der Waals surface area contributed by atoms with Gasteiger partial charge >= 0.3 is 0 Å². The van der Waals surface area contributed by atoms with E-state index in [1.54, 1.807) is 0 Å². The molecule has 0 N–H and O–H groups in total. The number of halogens is 1. The molecule has 0 atom stereocenters. The van der Waals surface area contributed by atoms with E-state index in [2.05, 4.69) is 0 Å². The van der Waals surface area contributed by atoms with Crippen molar-refractivity contribution < 1.29 is 14.5 Å². The Bertz CT molecular complexity index is 456. The Morgan fingerprint density at radius 1 is 1.53 bits per heavy atom. The number of carbonyl (C=O) groups excluding carboxylic acids is 2. The van der Waals surface area contributed by atoms with Crippen molar-refractivity contribution in [2.45, 2.75) is 6.92 Å². The highest BCUT2D eigenvalue weighted by atomic mass is 127. The molecule has 15 heavy (non-hydrogen) atoms. The van der Waals surface area contributed by atoms with Crippen LogP contribution < -0.4 is 0 Å². The topological polar surface area (TPSA) is 77.3 Å².